The molecule has 0 aliphatic carbocycles. The molecule has 0 unspecified atom stereocenters. The van der Waals surface area contributed by atoms with Crippen molar-refractivity contribution in [3.8, 4) is 11.9 Å². The van der Waals surface area contributed by atoms with E-state index in [1.807, 2.05) is 11.0 Å². The van der Waals surface area contributed by atoms with Crippen LogP contribution in [0.25, 0.3) is 0 Å². The highest BCUT2D eigenvalue weighted by atomic mass is 19.4. The standard InChI is InChI=1S/C22H22F3N3O2/c23-22(24,25)20-13-19(5-3-17(20)14-26)28-9-7-16(8-10-28)18-4-6-21(27-15-18)30-12-2-1-11-29/h3-6,11,13,15-16H,1-2,7-10,12H2. The number of alkyl halides is 3. The summed E-state index contributed by atoms with van der Waals surface area (Å²) < 4.78 is 45.1. The number of hydrogen-bond donors (Lipinski definition) is 0. The number of carbonyl (C=O) groups excluding carboxylic acids is 1. The second kappa shape index (κ2) is 9.61. The van der Waals surface area contributed by atoms with Gasteiger partial charge in [0.05, 0.1) is 23.8 Å². The fourth-order valence-electron chi connectivity index (χ4n) is 3.59. The van der Waals surface area contributed by atoms with Crippen LogP contribution in [0.3, 0.4) is 0 Å². The molecule has 1 fully saturated rings. The largest absolute Gasteiger partial charge is 0.478 e. The number of hydrogen-bond acceptors (Lipinski definition) is 5. The van der Waals surface area contributed by atoms with Gasteiger partial charge in [0, 0.05) is 37.5 Å². The molecule has 1 aliphatic rings. The first-order valence-electron chi connectivity index (χ1n) is 9.81. The smallest absolute Gasteiger partial charge is 0.417 e. The maximum atomic E-state index is 13.2. The number of nitrogens with zero attached hydrogens (tertiary/aromatic N) is 3. The maximum absolute atomic E-state index is 13.2. The monoisotopic (exact) mass is 417 g/mol. The molecular formula is C22H22F3N3O2. The lowest BCUT2D eigenvalue weighted by atomic mass is 9.90. The first-order valence-corrected chi connectivity index (χ1v) is 9.81. The number of unbranched alkanes of at least 4 members (excludes halogenated alkanes) is 1. The van der Waals surface area contributed by atoms with Crippen molar-refractivity contribution in [2.45, 2.75) is 37.8 Å². The molecule has 1 aromatic carbocycles. The Kier molecular flexibility index (Phi) is 6.93. The maximum Gasteiger partial charge on any atom is 0.417 e. The minimum Gasteiger partial charge on any atom is -0.478 e. The number of aromatic nitrogens is 1. The van der Waals surface area contributed by atoms with Gasteiger partial charge < -0.3 is 14.4 Å². The molecule has 5 nitrogen and oxygen atoms in total. The lowest BCUT2D eigenvalue weighted by molar-refractivity contribution is -0.137. The average molecular weight is 417 g/mol. The van der Waals surface area contributed by atoms with Crippen molar-refractivity contribution >= 4 is 12.0 Å². The van der Waals surface area contributed by atoms with E-state index in [9.17, 15) is 18.0 Å². The molecule has 0 spiro atoms. The van der Waals surface area contributed by atoms with E-state index in [0.29, 0.717) is 44.1 Å². The zero-order chi connectivity index (χ0) is 21.6. The van der Waals surface area contributed by atoms with E-state index < -0.39 is 11.7 Å². The van der Waals surface area contributed by atoms with Gasteiger partial charge >= 0.3 is 6.18 Å². The fraction of sp³-hybridized carbons (Fsp3) is 0.409. The summed E-state index contributed by atoms with van der Waals surface area (Å²) in [6, 6.07) is 9.26. The summed E-state index contributed by atoms with van der Waals surface area (Å²) in [4.78, 5) is 16.5. The van der Waals surface area contributed by atoms with Crippen LogP contribution in [0.4, 0.5) is 18.9 Å². The van der Waals surface area contributed by atoms with Gasteiger partial charge in [-0.2, -0.15) is 18.4 Å². The van der Waals surface area contributed by atoms with Gasteiger partial charge in [0.15, 0.2) is 0 Å². The SMILES string of the molecule is N#Cc1ccc(N2CCC(c3ccc(OCCCC=O)nc3)CC2)cc1C(F)(F)F. The summed E-state index contributed by atoms with van der Waals surface area (Å²) in [5, 5.41) is 8.94. The minimum atomic E-state index is -4.55. The summed E-state index contributed by atoms with van der Waals surface area (Å²) >= 11 is 0. The number of carbonyl (C=O) groups is 1. The Labute approximate surface area is 173 Å². The Balaban J connectivity index is 1.60. The minimum absolute atomic E-state index is 0.276. The van der Waals surface area contributed by atoms with E-state index in [1.54, 1.807) is 24.4 Å². The fourth-order valence-corrected chi connectivity index (χ4v) is 3.59. The van der Waals surface area contributed by atoms with Crippen LogP contribution in [0.2, 0.25) is 0 Å². The summed E-state index contributed by atoms with van der Waals surface area (Å²) in [6.45, 7) is 1.68. The van der Waals surface area contributed by atoms with Crippen molar-refractivity contribution in [1.29, 1.82) is 5.26 Å². The number of nitriles is 1. The number of ether oxygens (including phenoxy) is 1. The molecule has 158 valence electrons. The van der Waals surface area contributed by atoms with Crippen LogP contribution in [-0.4, -0.2) is 31.0 Å². The number of rotatable bonds is 7. The molecule has 0 atom stereocenters. The van der Waals surface area contributed by atoms with Gasteiger partial charge in [0.2, 0.25) is 5.88 Å². The molecule has 0 amide bonds. The third kappa shape index (κ3) is 5.29. The van der Waals surface area contributed by atoms with Crippen molar-refractivity contribution in [2.75, 3.05) is 24.6 Å². The Hall–Kier alpha value is -3.08. The van der Waals surface area contributed by atoms with Crippen molar-refractivity contribution < 1.29 is 22.7 Å². The quantitative estimate of drug-likeness (QED) is 0.482. The predicted octanol–water partition coefficient (Wildman–Crippen LogP) is 4.71. The normalized spacial score (nSPS) is 14.9. The highest BCUT2D eigenvalue weighted by molar-refractivity contribution is 5.55. The molecular weight excluding hydrogens is 395 g/mol. The van der Waals surface area contributed by atoms with E-state index in [2.05, 4.69) is 4.98 Å². The Bertz CT molecular complexity index is 899. The molecule has 1 saturated heterocycles. The van der Waals surface area contributed by atoms with Gasteiger partial charge in [-0.25, -0.2) is 4.98 Å². The van der Waals surface area contributed by atoms with Crippen LogP contribution < -0.4 is 9.64 Å². The number of piperidine rings is 1. The van der Waals surface area contributed by atoms with E-state index in [1.165, 1.54) is 6.07 Å². The molecule has 1 aliphatic heterocycles. The van der Waals surface area contributed by atoms with Crippen LogP contribution in [-0.2, 0) is 11.0 Å². The van der Waals surface area contributed by atoms with Gasteiger partial charge in [0.25, 0.3) is 0 Å². The molecule has 1 aromatic heterocycles. The second-order valence-corrected chi connectivity index (χ2v) is 7.19. The van der Waals surface area contributed by atoms with Crippen LogP contribution in [0, 0.1) is 11.3 Å². The molecule has 0 radical (unpaired) electrons. The van der Waals surface area contributed by atoms with Crippen molar-refractivity contribution in [3.63, 3.8) is 0 Å². The van der Waals surface area contributed by atoms with E-state index in [-0.39, 0.29) is 11.5 Å². The van der Waals surface area contributed by atoms with Gasteiger partial charge in [-0.05, 0) is 48.9 Å². The Morgan fingerprint density at radius 1 is 1.23 bits per heavy atom. The van der Waals surface area contributed by atoms with E-state index >= 15 is 0 Å². The number of halogens is 3. The third-order valence-corrected chi connectivity index (χ3v) is 5.24. The van der Waals surface area contributed by atoms with Crippen molar-refractivity contribution in [1.82, 2.24) is 4.98 Å². The molecule has 3 rings (SSSR count). The Morgan fingerprint density at radius 2 is 2.00 bits per heavy atom. The van der Waals surface area contributed by atoms with Crippen LogP contribution >= 0.6 is 0 Å². The van der Waals surface area contributed by atoms with Gasteiger partial charge in [-0.1, -0.05) is 6.07 Å². The number of pyridine rings is 1. The van der Waals surface area contributed by atoms with Crippen LogP contribution in [0.15, 0.2) is 36.5 Å². The average Bonchev–Trinajstić information content (AvgIpc) is 2.76. The summed E-state index contributed by atoms with van der Waals surface area (Å²) in [7, 11) is 0. The summed E-state index contributed by atoms with van der Waals surface area (Å²) in [6.07, 6.45) is 0.775. The molecule has 2 heterocycles. The number of benzene rings is 1. The number of anilines is 1. The van der Waals surface area contributed by atoms with Crippen LogP contribution in [0.5, 0.6) is 5.88 Å². The first-order chi connectivity index (χ1) is 14.4. The number of aldehydes is 1. The Morgan fingerprint density at radius 3 is 2.60 bits per heavy atom. The second-order valence-electron chi connectivity index (χ2n) is 7.19. The van der Waals surface area contributed by atoms with Crippen LogP contribution in [0.1, 0.15) is 48.3 Å². The van der Waals surface area contributed by atoms with Gasteiger partial charge in [-0.15, -0.1) is 0 Å². The lowest BCUT2D eigenvalue weighted by Crippen LogP contribution is -2.33. The molecule has 0 bridgehead atoms. The third-order valence-electron chi connectivity index (χ3n) is 5.24. The zero-order valence-electron chi connectivity index (χ0n) is 16.4. The van der Waals surface area contributed by atoms with E-state index in [4.69, 9.17) is 10.00 Å². The van der Waals surface area contributed by atoms with Crippen molar-refractivity contribution in [2.24, 2.45) is 0 Å². The van der Waals surface area contributed by atoms with Crippen molar-refractivity contribution in [3.05, 3.63) is 53.2 Å². The summed E-state index contributed by atoms with van der Waals surface area (Å²) in [5.74, 6) is 0.790. The van der Waals surface area contributed by atoms with E-state index in [0.717, 1.165) is 30.8 Å². The zero-order valence-corrected chi connectivity index (χ0v) is 16.4. The van der Waals surface area contributed by atoms with Gasteiger partial charge in [-0.3, -0.25) is 0 Å². The predicted molar refractivity (Wildman–Crippen MR) is 105 cm³/mol. The highest BCUT2D eigenvalue weighted by Gasteiger charge is 2.34. The first kappa shape index (κ1) is 21.6. The summed E-state index contributed by atoms with van der Waals surface area (Å²) in [5.41, 5.74) is 0.306. The lowest BCUT2D eigenvalue weighted by Gasteiger charge is -2.34. The van der Waals surface area contributed by atoms with Gasteiger partial charge in [0.1, 0.15) is 6.29 Å². The molecule has 0 N–H and O–H groups in total. The molecule has 30 heavy (non-hydrogen) atoms. The highest BCUT2D eigenvalue weighted by Crippen LogP contribution is 2.36. The molecule has 0 saturated carbocycles. The molecule has 2 aromatic rings. The molecule has 8 heteroatoms. The topological polar surface area (TPSA) is 66.2 Å².